The summed E-state index contributed by atoms with van der Waals surface area (Å²) in [5, 5.41) is 10.5. The van der Waals surface area contributed by atoms with E-state index in [2.05, 4.69) is 34.7 Å². The third kappa shape index (κ3) is 4.25. The van der Waals surface area contributed by atoms with Crippen LogP contribution in [0, 0.1) is 0 Å². The molecule has 1 heterocycles. The molecule has 0 radical (unpaired) electrons. The van der Waals surface area contributed by atoms with Gasteiger partial charge >= 0.3 is 0 Å². The molecule has 0 atom stereocenters. The van der Waals surface area contributed by atoms with Crippen LogP contribution in [-0.4, -0.2) is 21.3 Å². The van der Waals surface area contributed by atoms with Gasteiger partial charge < -0.3 is 14.4 Å². The van der Waals surface area contributed by atoms with Crippen molar-refractivity contribution < 1.29 is 9.84 Å². The number of aromatic nitrogens is 2. The van der Waals surface area contributed by atoms with Crippen LogP contribution in [0.1, 0.15) is 45.0 Å². The number of hydrogen-bond acceptors (Lipinski definition) is 3. The Morgan fingerprint density at radius 1 is 1.04 bits per heavy atom. The number of aliphatic hydroxyl groups is 1. The number of benzene rings is 2. The highest BCUT2D eigenvalue weighted by atomic mass is 16.5. The Labute approximate surface area is 155 Å². The van der Waals surface area contributed by atoms with E-state index in [0.717, 1.165) is 48.4 Å². The van der Waals surface area contributed by atoms with Gasteiger partial charge in [0.2, 0.25) is 0 Å². The Bertz CT molecular complexity index is 845. The number of aryl methyl sites for hydroxylation is 2. The van der Waals surface area contributed by atoms with E-state index >= 15 is 0 Å². The fourth-order valence-electron chi connectivity index (χ4n) is 3.15. The molecule has 138 valence electrons. The van der Waals surface area contributed by atoms with Gasteiger partial charge in [0.05, 0.1) is 17.6 Å². The molecule has 0 fully saturated rings. The van der Waals surface area contributed by atoms with E-state index in [0.29, 0.717) is 6.61 Å². The molecule has 1 aromatic heterocycles. The molecule has 0 aliphatic carbocycles. The topological polar surface area (TPSA) is 47.3 Å². The van der Waals surface area contributed by atoms with Crippen LogP contribution in [0.3, 0.4) is 0 Å². The third-order valence-electron chi connectivity index (χ3n) is 4.58. The largest absolute Gasteiger partial charge is 0.494 e. The van der Waals surface area contributed by atoms with E-state index in [1.54, 1.807) is 13.8 Å². The molecule has 0 unspecified atom stereocenters. The summed E-state index contributed by atoms with van der Waals surface area (Å²) in [6.07, 6.45) is 2.96. The lowest BCUT2D eigenvalue weighted by Crippen LogP contribution is -2.22. The quantitative estimate of drug-likeness (QED) is 0.599. The zero-order valence-corrected chi connectivity index (χ0v) is 15.9. The van der Waals surface area contributed by atoms with Crippen molar-refractivity contribution in [2.45, 2.75) is 52.2 Å². The zero-order valence-electron chi connectivity index (χ0n) is 15.9. The van der Waals surface area contributed by atoms with E-state index in [4.69, 9.17) is 4.74 Å². The van der Waals surface area contributed by atoms with Crippen molar-refractivity contribution >= 4 is 11.0 Å². The summed E-state index contributed by atoms with van der Waals surface area (Å²) >= 11 is 0. The molecule has 3 rings (SSSR count). The number of imidazole rings is 1. The number of unbranched alkanes of at least 4 members (excludes halogenated alkanes) is 1. The average molecular weight is 352 g/mol. The molecule has 0 saturated carbocycles. The molecule has 0 spiro atoms. The summed E-state index contributed by atoms with van der Waals surface area (Å²) in [4.78, 5) is 4.63. The fourth-order valence-corrected chi connectivity index (χ4v) is 3.15. The molecule has 1 N–H and O–H groups in total. The SMILES string of the molecule is CCc1ccc(OCCCCn2c(C(C)(C)O)nc3ccccc32)cc1. The molecular weight excluding hydrogens is 324 g/mol. The first-order valence-electron chi connectivity index (χ1n) is 9.39. The zero-order chi connectivity index (χ0) is 18.6. The molecule has 3 aromatic rings. The molecule has 2 aromatic carbocycles. The van der Waals surface area contributed by atoms with Crippen LogP contribution in [0.4, 0.5) is 0 Å². The molecule has 0 saturated heterocycles. The first kappa shape index (κ1) is 18.5. The number of rotatable bonds is 8. The van der Waals surface area contributed by atoms with Crippen LogP contribution in [0.25, 0.3) is 11.0 Å². The molecule has 26 heavy (non-hydrogen) atoms. The Kier molecular flexibility index (Phi) is 5.62. The number of ether oxygens (including phenoxy) is 1. The normalized spacial score (nSPS) is 11.8. The molecule has 0 amide bonds. The van der Waals surface area contributed by atoms with Crippen molar-refractivity contribution in [1.29, 1.82) is 0 Å². The van der Waals surface area contributed by atoms with Crippen LogP contribution in [0.15, 0.2) is 48.5 Å². The summed E-state index contributed by atoms with van der Waals surface area (Å²) in [6.45, 7) is 7.23. The van der Waals surface area contributed by atoms with Crippen LogP contribution >= 0.6 is 0 Å². The number of hydrogen-bond donors (Lipinski definition) is 1. The van der Waals surface area contributed by atoms with Gasteiger partial charge in [0.25, 0.3) is 0 Å². The molecule has 0 aliphatic heterocycles. The van der Waals surface area contributed by atoms with Gasteiger partial charge in [-0.3, -0.25) is 0 Å². The van der Waals surface area contributed by atoms with Crippen molar-refractivity contribution in [3.05, 3.63) is 59.9 Å². The highest BCUT2D eigenvalue weighted by Crippen LogP contribution is 2.25. The monoisotopic (exact) mass is 352 g/mol. The molecule has 0 bridgehead atoms. The number of para-hydroxylation sites is 2. The van der Waals surface area contributed by atoms with Gasteiger partial charge in [0.1, 0.15) is 17.2 Å². The van der Waals surface area contributed by atoms with Crippen molar-refractivity contribution in [3.8, 4) is 5.75 Å². The van der Waals surface area contributed by atoms with E-state index in [-0.39, 0.29) is 0 Å². The first-order chi connectivity index (χ1) is 12.5. The fraction of sp³-hybridized carbons (Fsp3) is 0.409. The van der Waals surface area contributed by atoms with Crippen LogP contribution in [0.5, 0.6) is 5.75 Å². The van der Waals surface area contributed by atoms with Crippen LogP contribution in [0.2, 0.25) is 0 Å². The third-order valence-corrected chi connectivity index (χ3v) is 4.58. The molecular formula is C22H28N2O2. The molecule has 4 heteroatoms. The Morgan fingerprint density at radius 3 is 2.46 bits per heavy atom. The lowest BCUT2D eigenvalue weighted by atomic mass is 10.1. The molecule has 4 nitrogen and oxygen atoms in total. The minimum absolute atomic E-state index is 0.690. The highest BCUT2D eigenvalue weighted by molar-refractivity contribution is 5.76. The Morgan fingerprint density at radius 2 is 1.77 bits per heavy atom. The second-order valence-electron chi connectivity index (χ2n) is 7.19. The van der Waals surface area contributed by atoms with Gasteiger partial charge in [-0.1, -0.05) is 31.2 Å². The predicted octanol–water partition coefficient (Wildman–Crippen LogP) is 4.69. The van der Waals surface area contributed by atoms with Gasteiger partial charge in [0, 0.05) is 6.54 Å². The minimum Gasteiger partial charge on any atom is -0.494 e. The van der Waals surface area contributed by atoms with Crippen molar-refractivity contribution in [2.24, 2.45) is 0 Å². The second-order valence-corrected chi connectivity index (χ2v) is 7.19. The molecule has 0 aliphatic rings. The van der Waals surface area contributed by atoms with E-state index < -0.39 is 5.60 Å². The van der Waals surface area contributed by atoms with E-state index in [9.17, 15) is 5.11 Å². The first-order valence-corrected chi connectivity index (χ1v) is 9.39. The predicted molar refractivity (Wildman–Crippen MR) is 106 cm³/mol. The Hall–Kier alpha value is -2.33. The van der Waals surface area contributed by atoms with Gasteiger partial charge in [-0.2, -0.15) is 0 Å². The minimum atomic E-state index is -0.962. The van der Waals surface area contributed by atoms with Crippen LogP contribution in [-0.2, 0) is 18.6 Å². The lowest BCUT2D eigenvalue weighted by Gasteiger charge is -2.19. The van der Waals surface area contributed by atoms with Gasteiger partial charge in [-0.15, -0.1) is 0 Å². The average Bonchev–Trinajstić information content (AvgIpc) is 3.01. The lowest BCUT2D eigenvalue weighted by molar-refractivity contribution is 0.0650. The highest BCUT2D eigenvalue weighted by Gasteiger charge is 2.24. The maximum absolute atomic E-state index is 10.5. The van der Waals surface area contributed by atoms with Crippen molar-refractivity contribution in [1.82, 2.24) is 9.55 Å². The number of nitrogens with zero attached hydrogens (tertiary/aromatic N) is 2. The maximum Gasteiger partial charge on any atom is 0.141 e. The maximum atomic E-state index is 10.5. The van der Waals surface area contributed by atoms with Crippen molar-refractivity contribution in [3.63, 3.8) is 0 Å². The summed E-state index contributed by atoms with van der Waals surface area (Å²) < 4.78 is 7.97. The standard InChI is InChI=1S/C22H28N2O2/c1-4-17-11-13-18(14-12-17)26-16-8-7-15-24-20-10-6-5-9-19(20)23-21(24)22(2,3)25/h5-6,9-14,25H,4,7-8,15-16H2,1-3H3. The van der Waals surface area contributed by atoms with E-state index in [1.807, 2.05) is 30.3 Å². The van der Waals surface area contributed by atoms with Gasteiger partial charge in [-0.25, -0.2) is 4.98 Å². The smallest absolute Gasteiger partial charge is 0.141 e. The second kappa shape index (κ2) is 7.92. The van der Waals surface area contributed by atoms with Gasteiger partial charge in [-0.05, 0) is 62.9 Å². The summed E-state index contributed by atoms with van der Waals surface area (Å²) in [6, 6.07) is 16.3. The Balaban J connectivity index is 1.59. The van der Waals surface area contributed by atoms with Crippen molar-refractivity contribution in [2.75, 3.05) is 6.61 Å². The summed E-state index contributed by atoms with van der Waals surface area (Å²) in [7, 11) is 0. The number of fused-ring (bicyclic) bond motifs is 1. The van der Waals surface area contributed by atoms with Gasteiger partial charge in [0.15, 0.2) is 0 Å². The van der Waals surface area contributed by atoms with E-state index in [1.165, 1.54) is 5.56 Å². The summed E-state index contributed by atoms with van der Waals surface area (Å²) in [5.41, 5.74) is 2.36. The summed E-state index contributed by atoms with van der Waals surface area (Å²) in [5.74, 6) is 1.64. The van der Waals surface area contributed by atoms with Crippen LogP contribution < -0.4 is 4.74 Å².